The lowest BCUT2D eigenvalue weighted by molar-refractivity contribution is -0.126. The topological polar surface area (TPSA) is 44.7 Å². The van der Waals surface area contributed by atoms with Crippen molar-refractivity contribution in [1.82, 2.24) is 10.3 Å². The molecule has 2 aliphatic rings. The van der Waals surface area contributed by atoms with E-state index in [1.165, 1.54) is 0 Å². The Balaban J connectivity index is 2.09. The van der Waals surface area contributed by atoms with E-state index >= 15 is 0 Å². The first-order chi connectivity index (χ1) is 5.25. The van der Waals surface area contributed by atoms with E-state index in [2.05, 4.69) is 10.4 Å². The van der Waals surface area contributed by atoms with Gasteiger partial charge in [0.1, 0.15) is 6.17 Å². The summed E-state index contributed by atoms with van der Waals surface area (Å²) < 4.78 is 0. The van der Waals surface area contributed by atoms with Gasteiger partial charge in [0.2, 0.25) is 5.91 Å². The molecule has 1 amide bonds. The monoisotopic (exact) mass is 153 g/mol. The fourth-order valence-electron chi connectivity index (χ4n) is 1.52. The molecule has 2 heterocycles. The van der Waals surface area contributed by atoms with Crippen molar-refractivity contribution >= 4 is 11.6 Å². The number of carbonyl (C=O) groups excluding carboxylic acids is 1. The van der Waals surface area contributed by atoms with E-state index in [1.807, 2.05) is 11.9 Å². The summed E-state index contributed by atoms with van der Waals surface area (Å²) in [6, 6.07) is 0. The highest BCUT2D eigenvalue weighted by Crippen LogP contribution is 2.16. The quantitative estimate of drug-likeness (QED) is 0.528. The number of hydrogen-bond acceptors (Lipinski definition) is 3. The summed E-state index contributed by atoms with van der Waals surface area (Å²) >= 11 is 0. The summed E-state index contributed by atoms with van der Waals surface area (Å²) in [6.07, 6.45) is 1.61. The zero-order chi connectivity index (χ0) is 7.84. The molecule has 1 N–H and O–H groups in total. The van der Waals surface area contributed by atoms with Crippen molar-refractivity contribution in [3.05, 3.63) is 0 Å². The van der Waals surface area contributed by atoms with Gasteiger partial charge in [0.05, 0.1) is 0 Å². The molecule has 11 heavy (non-hydrogen) atoms. The fraction of sp³-hybridized carbons (Fsp3) is 0.714. The SMILES string of the molecule is CC1=NN2CCC(=O)NC2C1. The second-order valence-electron chi connectivity index (χ2n) is 3.04. The predicted molar refractivity (Wildman–Crippen MR) is 41.0 cm³/mol. The fourth-order valence-corrected chi connectivity index (χ4v) is 1.52. The summed E-state index contributed by atoms with van der Waals surface area (Å²) in [5.41, 5.74) is 1.11. The number of nitrogens with one attached hydrogen (secondary N) is 1. The molecule has 0 spiro atoms. The van der Waals surface area contributed by atoms with Crippen LogP contribution in [-0.2, 0) is 4.79 Å². The molecular formula is C7H11N3O. The van der Waals surface area contributed by atoms with E-state index < -0.39 is 0 Å². The smallest absolute Gasteiger partial charge is 0.223 e. The Kier molecular flexibility index (Phi) is 1.34. The van der Waals surface area contributed by atoms with Gasteiger partial charge in [0, 0.05) is 25.1 Å². The molecule has 0 aromatic carbocycles. The number of fused-ring (bicyclic) bond motifs is 1. The average Bonchev–Trinajstić information content (AvgIpc) is 2.27. The second-order valence-corrected chi connectivity index (χ2v) is 3.04. The molecule has 1 saturated heterocycles. The Labute approximate surface area is 65.3 Å². The second kappa shape index (κ2) is 2.22. The molecule has 1 fully saturated rings. The van der Waals surface area contributed by atoms with Crippen LogP contribution in [0.15, 0.2) is 5.10 Å². The Morgan fingerprint density at radius 1 is 1.73 bits per heavy atom. The van der Waals surface area contributed by atoms with Crippen LogP contribution >= 0.6 is 0 Å². The minimum atomic E-state index is 0.149. The normalized spacial score (nSPS) is 29.5. The Morgan fingerprint density at radius 2 is 2.55 bits per heavy atom. The first kappa shape index (κ1) is 6.64. The van der Waals surface area contributed by atoms with Gasteiger partial charge in [-0.2, -0.15) is 5.10 Å². The molecule has 4 nitrogen and oxygen atoms in total. The summed E-state index contributed by atoms with van der Waals surface area (Å²) in [6.45, 7) is 2.76. The van der Waals surface area contributed by atoms with Crippen LogP contribution in [0, 0.1) is 0 Å². The van der Waals surface area contributed by atoms with Crippen molar-refractivity contribution in [3.8, 4) is 0 Å². The minimum Gasteiger partial charge on any atom is -0.334 e. The molecule has 0 bridgehead atoms. The summed E-state index contributed by atoms with van der Waals surface area (Å²) in [7, 11) is 0. The third-order valence-electron chi connectivity index (χ3n) is 2.04. The van der Waals surface area contributed by atoms with Crippen molar-refractivity contribution in [2.24, 2.45) is 5.10 Å². The number of hydrogen-bond donors (Lipinski definition) is 1. The molecule has 0 aliphatic carbocycles. The van der Waals surface area contributed by atoms with Gasteiger partial charge in [-0.3, -0.25) is 9.80 Å². The van der Waals surface area contributed by atoms with Crippen molar-refractivity contribution in [2.45, 2.75) is 25.9 Å². The van der Waals surface area contributed by atoms with Gasteiger partial charge in [-0.1, -0.05) is 0 Å². The zero-order valence-corrected chi connectivity index (χ0v) is 6.50. The van der Waals surface area contributed by atoms with E-state index in [0.29, 0.717) is 6.42 Å². The van der Waals surface area contributed by atoms with Crippen LogP contribution in [0.4, 0.5) is 0 Å². The third kappa shape index (κ3) is 1.08. The molecular weight excluding hydrogens is 142 g/mol. The Hall–Kier alpha value is -1.06. The van der Waals surface area contributed by atoms with Gasteiger partial charge >= 0.3 is 0 Å². The summed E-state index contributed by atoms with van der Waals surface area (Å²) in [5, 5.41) is 9.12. The first-order valence-corrected chi connectivity index (χ1v) is 3.86. The molecule has 0 aromatic heterocycles. The van der Waals surface area contributed by atoms with Crippen LogP contribution in [0.5, 0.6) is 0 Å². The van der Waals surface area contributed by atoms with E-state index in [1.54, 1.807) is 0 Å². The van der Waals surface area contributed by atoms with Crippen LogP contribution in [0.1, 0.15) is 19.8 Å². The number of rotatable bonds is 0. The molecule has 1 atom stereocenters. The molecule has 0 aromatic rings. The third-order valence-corrected chi connectivity index (χ3v) is 2.04. The molecule has 2 rings (SSSR count). The number of amides is 1. The van der Waals surface area contributed by atoms with Gasteiger partial charge in [-0.05, 0) is 6.92 Å². The van der Waals surface area contributed by atoms with Crippen LogP contribution < -0.4 is 5.32 Å². The number of nitrogens with zero attached hydrogens (tertiary/aromatic N) is 2. The van der Waals surface area contributed by atoms with Crippen molar-refractivity contribution in [2.75, 3.05) is 6.54 Å². The van der Waals surface area contributed by atoms with E-state index in [-0.39, 0.29) is 12.1 Å². The van der Waals surface area contributed by atoms with Gasteiger partial charge in [0.25, 0.3) is 0 Å². The highest BCUT2D eigenvalue weighted by atomic mass is 16.2. The highest BCUT2D eigenvalue weighted by molar-refractivity contribution is 5.85. The van der Waals surface area contributed by atoms with Gasteiger partial charge in [-0.15, -0.1) is 0 Å². The lowest BCUT2D eigenvalue weighted by Crippen LogP contribution is -2.49. The first-order valence-electron chi connectivity index (χ1n) is 3.86. The average molecular weight is 153 g/mol. The van der Waals surface area contributed by atoms with Crippen molar-refractivity contribution in [3.63, 3.8) is 0 Å². The standard InChI is InChI=1S/C7H11N3O/c1-5-4-6-8-7(11)2-3-10(6)9-5/h6H,2-4H2,1H3,(H,8,11). The van der Waals surface area contributed by atoms with E-state index in [0.717, 1.165) is 18.7 Å². The molecule has 4 heteroatoms. The van der Waals surface area contributed by atoms with Crippen molar-refractivity contribution in [1.29, 1.82) is 0 Å². The molecule has 0 radical (unpaired) electrons. The van der Waals surface area contributed by atoms with Gasteiger partial charge in [0.15, 0.2) is 0 Å². The van der Waals surface area contributed by atoms with Gasteiger partial charge < -0.3 is 5.32 Å². The molecule has 2 aliphatic heterocycles. The van der Waals surface area contributed by atoms with Gasteiger partial charge in [-0.25, -0.2) is 0 Å². The molecule has 0 saturated carbocycles. The highest BCUT2D eigenvalue weighted by Gasteiger charge is 2.29. The van der Waals surface area contributed by atoms with Crippen LogP contribution in [0.25, 0.3) is 0 Å². The maximum atomic E-state index is 10.9. The Bertz CT molecular complexity index is 224. The summed E-state index contributed by atoms with van der Waals surface area (Å²) in [4.78, 5) is 10.9. The molecule has 60 valence electrons. The largest absolute Gasteiger partial charge is 0.334 e. The van der Waals surface area contributed by atoms with Crippen LogP contribution in [-0.4, -0.2) is 29.3 Å². The maximum Gasteiger partial charge on any atom is 0.223 e. The lowest BCUT2D eigenvalue weighted by atomic mass is 10.2. The number of carbonyl (C=O) groups is 1. The Morgan fingerprint density at radius 3 is 3.36 bits per heavy atom. The summed E-state index contributed by atoms with van der Waals surface area (Å²) in [5.74, 6) is 0.149. The zero-order valence-electron chi connectivity index (χ0n) is 6.50. The predicted octanol–water partition coefficient (Wildman–Crippen LogP) is -0.0860. The molecule has 1 unspecified atom stereocenters. The minimum absolute atomic E-state index is 0.149. The number of hydrazone groups is 1. The van der Waals surface area contributed by atoms with Crippen LogP contribution in [0.2, 0.25) is 0 Å². The van der Waals surface area contributed by atoms with Crippen LogP contribution in [0.3, 0.4) is 0 Å². The van der Waals surface area contributed by atoms with E-state index in [4.69, 9.17) is 0 Å². The van der Waals surface area contributed by atoms with Crippen molar-refractivity contribution < 1.29 is 4.79 Å². The lowest BCUT2D eigenvalue weighted by Gasteiger charge is -2.28. The van der Waals surface area contributed by atoms with E-state index in [9.17, 15) is 4.79 Å². The maximum absolute atomic E-state index is 10.9.